The van der Waals surface area contributed by atoms with Gasteiger partial charge in [0.15, 0.2) is 5.82 Å². The second kappa shape index (κ2) is 3.61. The Hall–Kier alpha value is -2.44. The van der Waals surface area contributed by atoms with Crippen molar-refractivity contribution in [1.29, 1.82) is 0 Å². The average Bonchev–Trinajstić information content (AvgIpc) is 2.65. The van der Waals surface area contributed by atoms with Gasteiger partial charge in [-0.1, -0.05) is 0 Å². The van der Waals surface area contributed by atoms with Gasteiger partial charge in [0, 0.05) is 11.6 Å². The van der Waals surface area contributed by atoms with E-state index in [1.807, 2.05) is 0 Å². The lowest BCUT2D eigenvalue weighted by molar-refractivity contribution is -0.383. The van der Waals surface area contributed by atoms with E-state index in [4.69, 9.17) is 5.73 Å². The standard InChI is InChI=1S/C9H9N5O2/c1-5-11-9(13-12-5)6-2-3-7(10)8(4-6)14(15)16/h2-4H,10H2,1H3,(H,11,12,13). The summed E-state index contributed by atoms with van der Waals surface area (Å²) in [5.74, 6) is 1.06. The van der Waals surface area contributed by atoms with Crippen LogP contribution in [0.15, 0.2) is 18.2 Å². The fourth-order valence-corrected chi connectivity index (χ4v) is 1.31. The van der Waals surface area contributed by atoms with Crippen LogP contribution in [-0.2, 0) is 0 Å². The van der Waals surface area contributed by atoms with Crippen molar-refractivity contribution in [3.05, 3.63) is 34.1 Å². The largest absolute Gasteiger partial charge is 0.393 e. The second-order valence-corrected chi connectivity index (χ2v) is 3.28. The van der Waals surface area contributed by atoms with Crippen LogP contribution in [0.1, 0.15) is 5.82 Å². The smallest absolute Gasteiger partial charge is 0.292 e. The lowest BCUT2D eigenvalue weighted by Gasteiger charge is -1.98. The van der Waals surface area contributed by atoms with Crippen LogP contribution in [0.5, 0.6) is 0 Å². The van der Waals surface area contributed by atoms with Gasteiger partial charge in [0.2, 0.25) is 0 Å². The molecule has 0 spiro atoms. The number of hydrogen-bond donors (Lipinski definition) is 2. The summed E-state index contributed by atoms with van der Waals surface area (Å²) in [7, 11) is 0. The molecule has 82 valence electrons. The van der Waals surface area contributed by atoms with Crippen LogP contribution < -0.4 is 5.73 Å². The van der Waals surface area contributed by atoms with Gasteiger partial charge < -0.3 is 5.73 Å². The number of nitrogens with zero attached hydrogens (tertiary/aromatic N) is 3. The van der Waals surface area contributed by atoms with Crippen molar-refractivity contribution in [1.82, 2.24) is 15.2 Å². The average molecular weight is 219 g/mol. The first-order valence-electron chi connectivity index (χ1n) is 4.51. The number of nitro groups is 1. The van der Waals surface area contributed by atoms with Crippen LogP contribution in [-0.4, -0.2) is 20.1 Å². The molecule has 7 nitrogen and oxygen atoms in total. The van der Waals surface area contributed by atoms with E-state index in [0.29, 0.717) is 17.2 Å². The summed E-state index contributed by atoms with van der Waals surface area (Å²) in [6.07, 6.45) is 0. The maximum atomic E-state index is 10.7. The SMILES string of the molecule is Cc1nc(-c2ccc(N)c([N+](=O)[O-])c2)n[nH]1. The van der Waals surface area contributed by atoms with E-state index in [0.717, 1.165) is 0 Å². The highest BCUT2D eigenvalue weighted by molar-refractivity contribution is 5.68. The fraction of sp³-hybridized carbons (Fsp3) is 0.111. The number of nitrogens with two attached hydrogens (primary N) is 1. The van der Waals surface area contributed by atoms with Crippen LogP contribution in [0.2, 0.25) is 0 Å². The summed E-state index contributed by atoms with van der Waals surface area (Å²) in [5.41, 5.74) is 6.03. The maximum Gasteiger partial charge on any atom is 0.292 e. The Balaban J connectivity index is 2.51. The number of nitrogens with one attached hydrogen (secondary N) is 1. The van der Waals surface area contributed by atoms with E-state index < -0.39 is 4.92 Å². The van der Waals surface area contributed by atoms with Gasteiger partial charge in [-0.2, -0.15) is 5.10 Å². The highest BCUT2D eigenvalue weighted by Gasteiger charge is 2.14. The number of hydrogen-bond acceptors (Lipinski definition) is 5. The molecule has 0 saturated heterocycles. The number of H-pyrrole nitrogens is 1. The summed E-state index contributed by atoms with van der Waals surface area (Å²) in [4.78, 5) is 14.2. The van der Waals surface area contributed by atoms with Gasteiger partial charge in [-0.15, -0.1) is 0 Å². The van der Waals surface area contributed by atoms with Crippen LogP contribution >= 0.6 is 0 Å². The molecule has 1 aromatic heterocycles. The molecule has 0 aliphatic heterocycles. The van der Waals surface area contributed by atoms with Gasteiger partial charge in [-0.25, -0.2) is 4.98 Å². The third kappa shape index (κ3) is 1.70. The monoisotopic (exact) mass is 219 g/mol. The number of benzene rings is 1. The van der Waals surface area contributed by atoms with E-state index in [2.05, 4.69) is 15.2 Å². The number of aryl methyl sites for hydroxylation is 1. The van der Waals surface area contributed by atoms with Gasteiger partial charge in [0.25, 0.3) is 5.69 Å². The predicted molar refractivity (Wildman–Crippen MR) is 57.6 cm³/mol. The second-order valence-electron chi connectivity index (χ2n) is 3.28. The molecule has 0 atom stereocenters. The van der Waals surface area contributed by atoms with Gasteiger partial charge >= 0.3 is 0 Å². The maximum absolute atomic E-state index is 10.7. The molecule has 1 heterocycles. The van der Waals surface area contributed by atoms with Crippen molar-refractivity contribution >= 4 is 11.4 Å². The molecule has 0 aliphatic rings. The highest BCUT2D eigenvalue weighted by Crippen LogP contribution is 2.26. The Bertz CT molecular complexity index is 549. The summed E-state index contributed by atoms with van der Waals surface area (Å²) in [6.45, 7) is 1.75. The lowest BCUT2D eigenvalue weighted by Crippen LogP contribution is -1.96. The van der Waals surface area contributed by atoms with Crippen molar-refractivity contribution in [3.8, 4) is 11.4 Å². The first kappa shape index (κ1) is 10.1. The molecule has 0 saturated carbocycles. The molecule has 3 N–H and O–H groups in total. The predicted octanol–water partition coefficient (Wildman–Crippen LogP) is 1.27. The van der Waals surface area contributed by atoms with E-state index in [1.54, 1.807) is 13.0 Å². The third-order valence-electron chi connectivity index (χ3n) is 2.08. The Morgan fingerprint density at radius 3 is 2.81 bits per heavy atom. The number of nitrogen functional groups attached to an aromatic ring is 1. The van der Waals surface area contributed by atoms with E-state index >= 15 is 0 Å². The molecule has 0 bridgehead atoms. The Kier molecular flexibility index (Phi) is 2.28. The normalized spacial score (nSPS) is 10.3. The molecule has 0 unspecified atom stereocenters. The molecule has 16 heavy (non-hydrogen) atoms. The minimum atomic E-state index is -0.529. The van der Waals surface area contributed by atoms with Gasteiger partial charge in [-0.05, 0) is 19.1 Å². The molecule has 0 fully saturated rings. The molecule has 0 radical (unpaired) electrons. The molecule has 1 aromatic carbocycles. The van der Waals surface area contributed by atoms with Crippen LogP contribution in [0, 0.1) is 17.0 Å². The highest BCUT2D eigenvalue weighted by atomic mass is 16.6. The molecule has 2 rings (SSSR count). The Morgan fingerprint density at radius 1 is 1.50 bits per heavy atom. The number of aromatic nitrogens is 3. The Labute approximate surface area is 90.5 Å². The number of anilines is 1. The quantitative estimate of drug-likeness (QED) is 0.449. The number of rotatable bonds is 2. The van der Waals surface area contributed by atoms with E-state index in [9.17, 15) is 10.1 Å². The number of aromatic amines is 1. The summed E-state index contributed by atoms with van der Waals surface area (Å²) in [5, 5.41) is 17.3. The van der Waals surface area contributed by atoms with E-state index in [-0.39, 0.29) is 11.4 Å². The van der Waals surface area contributed by atoms with Crippen molar-refractivity contribution in [3.63, 3.8) is 0 Å². The van der Waals surface area contributed by atoms with Crippen molar-refractivity contribution in [2.24, 2.45) is 0 Å². The molecule has 0 aliphatic carbocycles. The zero-order valence-electron chi connectivity index (χ0n) is 8.47. The van der Waals surface area contributed by atoms with Crippen LogP contribution in [0.4, 0.5) is 11.4 Å². The van der Waals surface area contributed by atoms with Gasteiger partial charge in [0.05, 0.1) is 4.92 Å². The van der Waals surface area contributed by atoms with E-state index in [1.165, 1.54) is 12.1 Å². The summed E-state index contributed by atoms with van der Waals surface area (Å²) in [6, 6.07) is 4.47. The Morgan fingerprint density at radius 2 is 2.25 bits per heavy atom. The molecular weight excluding hydrogens is 210 g/mol. The zero-order valence-corrected chi connectivity index (χ0v) is 8.47. The molecular formula is C9H9N5O2. The minimum Gasteiger partial charge on any atom is -0.393 e. The third-order valence-corrected chi connectivity index (χ3v) is 2.08. The first-order chi connectivity index (χ1) is 7.58. The van der Waals surface area contributed by atoms with Crippen molar-refractivity contribution in [2.75, 3.05) is 5.73 Å². The molecule has 2 aromatic rings. The summed E-state index contributed by atoms with van der Waals surface area (Å²) >= 11 is 0. The fourth-order valence-electron chi connectivity index (χ4n) is 1.31. The summed E-state index contributed by atoms with van der Waals surface area (Å²) < 4.78 is 0. The minimum absolute atomic E-state index is 0.126. The van der Waals surface area contributed by atoms with Crippen LogP contribution in [0.3, 0.4) is 0 Å². The van der Waals surface area contributed by atoms with Gasteiger partial charge in [-0.3, -0.25) is 15.2 Å². The van der Waals surface area contributed by atoms with Crippen molar-refractivity contribution in [2.45, 2.75) is 6.92 Å². The molecule has 0 amide bonds. The molecule has 7 heteroatoms. The number of nitro benzene ring substituents is 1. The van der Waals surface area contributed by atoms with Crippen molar-refractivity contribution < 1.29 is 4.92 Å². The lowest BCUT2D eigenvalue weighted by atomic mass is 10.1. The van der Waals surface area contributed by atoms with Crippen LogP contribution in [0.25, 0.3) is 11.4 Å². The van der Waals surface area contributed by atoms with Gasteiger partial charge in [0.1, 0.15) is 11.5 Å². The topological polar surface area (TPSA) is 111 Å². The first-order valence-corrected chi connectivity index (χ1v) is 4.51. The zero-order chi connectivity index (χ0) is 11.7.